The topological polar surface area (TPSA) is 3.24 Å². The van der Waals surface area contributed by atoms with Crippen LogP contribution in [0.25, 0.3) is 0 Å². The number of hydrogen-bond acceptors (Lipinski definition) is 1. The Morgan fingerprint density at radius 2 is 1.50 bits per heavy atom. The van der Waals surface area contributed by atoms with Crippen LogP contribution in [0.4, 0.5) is 0 Å². The monoisotopic (exact) mass is 211 g/mol. The van der Waals surface area contributed by atoms with E-state index in [9.17, 15) is 0 Å². The average molecular weight is 212 g/mol. The van der Waals surface area contributed by atoms with Gasteiger partial charge in [0.2, 0.25) is 0 Å². The fourth-order valence-corrected chi connectivity index (χ4v) is 2.17. The standard InChI is InChI=1S/C12H18ClN/c1-8-6-9(2)11(10(3)7-8)12(13)14(4)5/h6-7,12H,1-5H3. The zero-order valence-corrected chi connectivity index (χ0v) is 10.3. The highest BCUT2D eigenvalue weighted by Crippen LogP contribution is 2.29. The van der Waals surface area contributed by atoms with E-state index in [0.717, 1.165) is 0 Å². The van der Waals surface area contributed by atoms with E-state index in [1.165, 1.54) is 22.3 Å². The van der Waals surface area contributed by atoms with E-state index in [1.807, 2.05) is 19.0 Å². The number of nitrogens with zero attached hydrogens (tertiary/aromatic N) is 1. The van der Waals surface area contributed by atoms with E-state index < -0.39 is 0 Å². The van der Waals surface area contributed by atoms with Crippen molar-refractivity contribution in [2.45, 2.75) is 26.3 Å². The lowest BCUT2D eigenvalue weighted by molar-refractivity contribution is 0.382. The van der Waals surface area contributed by atoms with Crippen molar-refractivity contribution >= 4 is 11.6 Å². The minimum atomic E-state index is -0.0319. The van der Waals surface area contributed by atoms with Crippen molar-refractivity contribution in [3.05, 3.63) is 34.4 Å². The van der Waals surface area contributed by atoms with Gasteiger partial charge in [-0.05, 0) is 51.6 Å². The molecule has 1 aromatic rings. The molecule has 0 fully saturated rings. The third kappa shape index (κ3) is 2.28. The van der Waals surface area contributed by atoms with Gasteiger partial charge in [-0.25, -0.2) is 0 Å². The Morgan fingerprint density at radius 1 is 1.07 bits per heavy atom. The highest BCUT2D eigenvalue weighted by Gasteiger charge is 2.15. The van der Waals surface area contributed by atoms with Gasteiger partial charge in [-0.1, -0.05) is 17.7 Å². The van der Waals surface area contributed by atoms with Gasteiger partial charge >= 0.3 is 0 Å². The molecule has 0 radical (unpaired) electrons. The molecule has 0 aromatic heterocycles. The SMILES string of the molecule is Cc1cc(C)c(C(Cl)N(C)C)c(C)c1. The molecule has 0 aliphatic carbocycles. The highest BCUT2D eigenvalue weighted by atomic mass is 35.5. The summed E-state index contributed by atoms with van der Waals surface area (Å²) in [6.07, 6.45) is 0. The Hall–Kier alpha value is -0.530. The van der Waals surface area contributed by atoms with Crippen LogP contribution in [0.5, 0.6) is 0 Å². The molecule has 1 rings (SSSR count). The number of benzene rings is 1. The lowest BCUT2D eigenvalue weighted by Gasteiger charge is -2.22. The number of alkyl halides is 1. The summed E-state index contributed by atoms with van der Waals surface area (Å²) in [4.78, 5) is 2.02. The molecule has 0 heterocycles. The van der Waals surface area contributed by atoms with Crippen molar-refractivity contribution in [2.75, 3.05) is 14.1 Å². The van der Waals surface area contributed by atoms with E-state index in [0.29, 0.717) is 0 Å². The predicted octanol–water partition coefficient (Wildman–Crippen LogP) is 3.41. The summed E-state index contributed by atoms with van der Waals surface area (Å²) in [5.41, 5.74) is 5.05. The number of rotatable bonds is 2. The van der Waals surface area contributed by atoms with Crippen LogP contribution >= 0.6 is 11.6 Å². The van der Waals surface area contributed by atoms with Crippen LogP contribution in [0.2, 0.25) is 0 Å². The van der Waals surface area contributed by atoms with E-state index in [1.54, 1.807) is 0 Å². The molecule has 0 saturated heterocycles. The Kier molecular flexibility index (Phi) is 3.57. The van der Waals surface area contributed by atoms with Crippen molar-refractivity contribution in [3.63, 3.8) is 0 Å². The van der Waals surface area contributed by atoms with Crippen molar-refractivity contribution < 1.29 is 0 Å². The van der Waals surface area contributed by atoms with Crippen LogP contribution in [0.3, 0.4) is 0 Å². The second-order valence-corrected chi connectivity index (χ2v) is 4.53. The summed E-state index contributed by atoms with van der Waals surface area (Å²) in [6, 6.07) is 4.36. The molecule has 0 bridgehead atoms. The molecule has 0 amide bonds. The third-order valence-corrected chi connectivity index (χ3v) is 3.04. The fraction of sp³-hybridized carbons (Fsp3) is 0.500. The lowest BCUT2D eigenvalue weighted by atomic mass is 9.99. The maximum Gasteiger partial charge on any atom is 0.111 e. The summed E-state index contributed by atoms with van der Waals surface area (Å²) in [6.45, 7) is 6.35. The van der Waals surface area contributed by atoms with Crippen LogP contribution in [0.15, 0.2) is 12.1 Å². The summed E-state index contributed by atoms with van der Waals surface area (Å²) in [5, 5.41) is 0. The summed E-state index contributed by atoms with van der Waals surface area (Å²) < 4.78 is 0. The predicted molar refractivity (Wildman–Crippen MR) is 62.9 cm³/mol. The van der Waals surface area contributed by atoms with Gasteiger partial charge in [-0.2, -0.15) is 0 Å². The minimum absolute atomic E-state index is 0.0319. The maximum absolute atomic E-state index is 6.33. The van der Waals surface area contributed by atoms with Crippen molar-refractivity contribution in [1.82, 2.24) is 4.90 Å². The smallest absolute Gasteiger partial charge is 0.111 e. The second-order valence-electron chi connectivity index (χ2n) is 4.11. The zero-order chi connectivity index (χ0) is 10.9. The Balaban J connectivity index is 3.20. The Bertz CT molecular complexity index is 308. The first-order chi connectivity index (χ1) is 6.43. The van der Waals surface area contributed by atoms with Gasteiger partial charge < -0.3 is 0 Å². The van der Waals surface area contributed by atoms with Crippen LogP contribution in [0.1, 0.15) is 27.8 Å². The fourth-order valence-electron chi connectivity index (χ4n) is 1.83. The first kappa shape index (κ1) is 11.5. The van der Waals surface area contributed by atoms with Gasteiger partial charge in [0.05, 0.1) is 0 Å². The van der Waals surface area contributed by atoms with Crippen LogP contribution in [-0.2, 0) is 0 Å². The van der Waals surface area contributed by atoms with Crippen LogP contribution in [-0.4, -0.2) is 19.0 Å². The Labute approximate surface area is 91.7 Å². The molecule has 1 atom stereocenters. The van der Waals surface area contributed by atoms with Crippen molar-refractivity contribution in [3.8, 4) is 0 Å². The van der Waals surface area contributed by atoms with E-state index >= 15 is 0 Å². The zero-order valence-electron chi connectivity index (χ0n) is 9.56. The quantitative estimate of drug-likeness (QED) is 0.535. The summed E-state index contributed by atoms with van der Waals surface area (Å²) in [7, 11) is 3.99. The van der Waals surface area contributed by atoms with Crippen molar-refractivity contribution in [2.24, 2.45) is 0 Å². The first-order valence-corrected chi connectivity index (χ1v) is 5.25. The van der Waals surface area contributed by atoms with E-state index in [4.69, 9.17) is 11.6 Å². The molecule has 14 heavy (non-hydrogen) atoms. The summed E-state index contributed by atoms with van der Waals surface area (Å²) in [5.74, 6) is 0. The van der Waals surface area contributed by atoms with Crippen molar-refractivity contribution in [1.29, 1.82) is 0 Å². The largest absolute Gasteiger partial charge is 0.290 e. The number of halogens is 1. The minimum Gasteiger partial charge on any atom is -0.290 e. The molecule has 0 aliphatic heterocycles. The van der Waals surface area contributed by atoms with Gasteiger partial charge in [-0.15, -0.1) is 11.6 Å². The molecular formula is C12H18ClN. The first-order valence-electron chi connectivity index (χ1n) is 4.81. The molecule has 0 spiro atoms. The maximum atomic E-state index is 6.33. The molecule has 0 N–H and O–H groups in total. The van der Waals surface area contributed by atoms with E-state index in [2.05, 4.69) is 32.9 Å². The average Bonchev–Trinajstić information content (AvgIpc) is 2.01. The Morgan fingerprint density at radius 3 is 1.86 bits per heavy atom. The lowest BCUT2D eigenvalue weighted by Crippen LogP contribution is -2.16. The molecule has 78 valence electrons. The van der Waals surface area contributed by atoms with Gasteiger partial charge in [-0.3, -0.25) is 4.90 Å². The van der Waals surface area contributed by atoms with Crippen LogP contribution < -0.4 is 0 Å². The highest BCUT2D eigenvalue weighted by molar-refractivity contribution is 6.20. The normalized spacial score (nSPS) is 13.4. The molecule has 2 heteroatoms. The molecule has 0 aliphatic rings. The van der Waals surface area contributed by atoms with E-state index in [-0.39, 0.29) is 5.50 Å². The summed E-state index contributed by atoms with van der Waals surface area (Å²) >= 11 is 6.33. The second kappa shape index (κ2) is 4.33. The van der Waals surface area contributed by atoms with Crippen LogP contribution in [0, 0.1) is 20.8 Å². The number of aryl methyl sites for hydroxylation is 3. The molecule has 1 aromatic carbocycles. The number of hydrogen-bond donors (Lipinski definition) is 0. The van der Waals surface area contributed by atoms with Gasteiger partial charge in [0, 0.05) is 0 Å². The molecule has 1 unspecified atom stereocenters. The van der Waals surface area contributed by atoms with Gasteiger partial charge in [0.25, 0.3) is 0 Å². The molecule has 1 nitrogen and oxygen atoms in total. The van der Waals surface area contributed by atoms with Gasteiger partial charge in [0.15, 0.2) is 0 Å². The van der Waals surface area contributed by atoms with Gasteiger partial charge in [0.1, 0.15) is 5.50 Å². The molecule has 0 saturated carbocycles. The molecular weight excluding hydrogens is 194 g/mol. The third-order valence-electron chi connectivity index (χ3n) is 2.43.